The smallest absolute Gasteiger partial charge is 0.256 e. The Bertz CT molecular complexity index is 874. The van der Waals surface area contributed by atoms with E-state index in [1.165, 1.54) is 12.1 Å². The van der Waals surface area contributed by atoms with Gasteiger partial charge in [-0.05, 0) is 50.2 Å². The molecule has 0 bridgehead atoms. The Morgan fingerprint density at radius 3 is 2.68 bits per heavy atom. The SMILES string of the molecule is Cc1ccc2nc(C)cc(C(=O)Nc3cccc(F)c3)c2c1. The largest absolute Gasteiger partial charge is 0.322 e. The van der Waals surface area contributed by atoms with E-state index in [4.69, 9.17) is 0 Å². The zero-order valence-corrected chi connectivity index (χ0v) is 12.4. The Morgan fingerprint density at radius 2 is 1.91 bits per heavy atom. The maximum Gasteiger partial charge on any atom is 0.256 e. The molecule has 0 aliphatic rings. The zero-order chi connectivity index (χ0) is 15.7. The second kappa shape index (κ2) is 5.56. The number of aromatic nitrogens is 1. The summed E-state index contributed by atoms with van der Waals surface area (Å²) in [5.41, 5.74) is 3.56. The molecule has 0 aliphatic heterocycles. The molecule has 3 nitrogen and oxygen atoms in total. The number of fused-ring (bicyclic) bond motifs is 1. The molecule has 1 heterocycles. The van der Waals surface area contributed by atoms with Crippen LogP contribution < -0.4 is 5.32 Å². The Labute approximate surface area is 127 Å². The summed E-state index contributed by atoms with van der Waals surface area (Å²) in [4.78, 5) is 17.0. The average molecular weight is 294 g/mol. The van der Waals surface area contributed by atoms with Crippen LogP contribution in [0.1, 0.15) is 21.6 Å². The lowest BCUT2D eigenvalue weighted by atomic mass is 10.0. The van der Waals surface area contributed by atoms with E-state index >= 15 is 0 Å². The van der Waals surface area contributed by atoms with E-state index < -0.39 is 0 Å². The van der Waals surface area contributed by atoms with Crippen LogP contribution in [0.25, 0.3) is 10.9 Å². The van der Waals surface area contributed by atoms with Crippen molar-refractivity contribution in [1.29, 1.82) is 0 Å². The highest BCUT2D eigenvalue weighted by atomic mass is 19.1. The molecule has 1 aromatic heterocycles. The van der Waals surface area contributed by atoms with Crippen LogP contribution in [0.2, 0.25) is 0 Å². The summed E-state index contributed by atoms with van der Waals surface area (Å²) in [6.07, 6.45) is 0. The van der Waals surface area contributed by atoms with Crippen molar-refractivity contribution in [1.82, 2.24) is 4.98 Å². The van der Waals surface area contributed by atoms with Crippen molar-refractivity contribution in [2.75, 3.05) is 5.32 Å². The van der Waals surface area contributed by atoms with Crippen molar-refractivity contribution < 1.29 is 9.18 Å². The van der Waals surface area contributed by atoms with E-state index in [-0.39, 0.29) is 11.7 Å². The Kier molecular flexibility index (Phi) is 3.59. The fourth-order valence-corrected chi connectivity index (χ4v) is 2.42. The molecular formula is C18H15FN2O. The van der Waals surface area contributed by atoms with Crippen LogP contribution in [0.4, 0.5) is 10.1 Å². The van der Waals surface area contributed by atoms with Crippen LogP contribution in [-0.2, 0) is 0 Å². The van der Waals surface area contributed by atoms with E-state index in [1.54, 1.807) is 18.2 Å². The van der Waals surface area contributed by atoms with Crippen molar-refractivity contribution in [3.05, 3.63) is 71.2 Å². The van der Waals surface area contributed by atoms with Crippen LogP contribution in [0.3, 0.4) is 0 Å². The summed E-state index contributed by atoms with van der Waals surface area (Å²) in [5, 5.41) is 3.52. The van der Waals surface area contributed by atoms with Gasteiger partial charge in [0, 0.05) is 16.8 Å². The number of carbonyl (C=O) groups excluding carboxylic acids is 1. The summed E-state index contributed by atoms with van der Waals surface area (Å²) in [7, 11) is 0. The van der Waals surface area contributed by atoms with Crippen LogP contribution in [0.15, 0.2) is 48.5 Å². The normalized spacial score (nSPS) is 10.7. The number of pyridine rings is 1. The van der Waals surface area contributed by atoms with Gasteiger partial charge in [0.25, 0.3) is 5.91 Å². The predicted molar refractivity (Wildman–Crippen MR) is 85.6 cm³/mol. The van der Waals surface area contributed by atoms with Gasteiger partial charge in [0.1, 0.15) is 5.82 Å². The molecule has 1 N–H and O–H groups in total. The standard InChI is InChI=1S/C18H15FN2O/c1-11-6-7-17-15(8-11)16(9-12(2)20-17)18(22)21-14-5-3-4-13(19)10-14/h3-10H,1-2H3,(H,21,22). The van der Waals surface area contributed by atoms with Gasteiger partial charge in [-0.25, -0.2) is 4.39 Å². The molecule has 3 aromatic rings. The Hall–Kier alpha value is -2.75. The molecular weight excluding hydrogens is 279 g/mol. The van der Waals surface area contributed by atoms with Gasteiger partial charge in [-0.15, -0.1) is 0 Å². The number of aryl methyl sites for hydroxylation is 2. The first-order chi connectivity index (χ1) is 10.5. The molecule has 0 saturated carbocycles. The van der Waals surface area contributed by atoms with Crippen LogP contribution >= 0.6 is 0 Å². The number of halogens is 1. The number of benzene rings is 2. The number of rotatable bonds is 2. The molecule has 4 heteroatoms. The van der Waals surface area contributed by atoms with Crippen molar-refractivity contribution in [2.45, 2.75) is 13.8 Å². The third-order valence-corrected chi connectivity index (χ3v) is 3.42. The fraction of sp³-hybridized carbons (Fsp3) is 0.111. The quantitative estimate of drug-likeness (QED) is 0.768. The summed E-state index contributed by atoms with van der Waals surface area (Å²) in [6.45, 7) is 3.81. The van der Waals surface area contributed by atoms with Gasteiger partial charge >= 0.3 is 0 Å². The van der Waals surface area contributed by atoms with E-state index in [2.05, 4.69) is 10.3 Å². The minimum atomic E-state index is -0.385. The molecule has 0 saturated heterocycles. The maximum atomic E-state index is 13.2. The Morgan fingerprint density at radius 1 is 1.09 bits per heavy atom. The highest BCUT2D eigenvalue weighted by molar-refractivity contribution is 6.12. The molecule has 0 unspecified atom stereocenters. The van der Waals surface area contributed by atoms with Crippen molar-refractivity contribution >= 4 is 22.5 Å². The van der Waals surface area contributed by atoms with E-state index in [0.717, 1.165) is 22.2 Å². The van der Waals surface area contributed by atoms with Gasteiger partial charge in [0.15, 0.2) is 0 Å². The number of nitrogens with zero attached hydrogens (tertiary/aromatic N) is 1. The van der Waals surface area contributed by atoms with Gasteiger partial charge in [-0.1, -0.05) is 17.7 Å². The van der Waals surface area contributed by atoms with Gasteiger partial charge < -0.3 is 5.32 Å². The minimum absolute atomic E-state index is 0.272. The first-order valence-electron chi connectivity index (χ1n) is 6.98. The Balaban J connectivity index is 2.05. The van der Waals surface area contributed by atoms with Crippen LogP contribution in [0, 0.1) is 19.7 Å². The van der Waals surface area contributed by atoms with Gasteiger partial charge in [-0.2, -0.15) is 0 Å². The second-order valence-corrected chi connectivity index (χ2v) is 5.30. The van der Waals surface area contributed by atoms with E-state index in [9.17, 15) is 9.18 Å². The van der Waals surface area contributed by atoms with E-state index in [1.807, 2.05) is 32.0 Å². The third-order valence-electron chi connectivity index (χ3n) is 3.42. The first kappa shape index (κ1) is 14.2. The van der Waals surface area contributed by atoms with Crippen molar-refractivity contribution in [2.24, 2.45) is 0 Å². The molecule has 2 aromatic carbocycles. The zero-order valence-electron chi connectivity index (χ0n) is 12.4. The number of nitrogens with one attached hydrogen (secondary N) is 1. The number of carbonyl (C=O) groups is 1. The van der Waals surface area contributed by atoms with Crippen molar-refractivity contribution in [3.63, 3.8) is 0 Å². The van der Waals surface area contributed by atoms with Crippen molar-refractivity contribution in [3.8, 4) is 0 Å². The highest BCUT2D eigenvalue weighted by Crippen LogP contribution is 2.21. The molecule has 0 fully saturated rings. The summed E-state index contributed by atoms with van der Waals surface area (Å²) < 4.78 is 13.2. The monoisotopic (exact) mass is 294 g/mol. The second-order valence-electron chi connectivity index (χ2n) is 5.30. The van der Waals surface area contributed by atoms with E-state index in [0.29, 0.717) is 11.3 Å². The average Bonchev–Trinajstić information content (AvgIpc) is 2.47. The van der Waals surface area contributed by atoms with Gasteiger partial charge in [0.2, 0.25) is 0 Å². The molecule has 110 valence electrons. The number of hydrogen-bond donors (Lipinski definition) is 1. The molecule has 22 heavy (non-hydrogen) atoms. The number of amides is 1. The topological polar surface area (TPSA) is 42.0 Å². The van der Waals surface area contributed by atoms with Crippen LogP contribution in [-0.4, -0.2) is 10.9 Å². The number of anilines is 1. The van der Waals surface area contributed by atoms with Gasteiger partial charge in [0.05, 0.1) is 11.1 Å². The molecule has 0 atom stereocenters. The van der Waals surface area contributed by atoms with Crippen LogP contribution in [0.5, 0.6) is 0 Å². The molecule has 1 amide bonds. The first-order valence-corrected chi connectivity index (χ1v) is 6.98. The molecule has 3 rings (SSSR count). The summed E-state index contributed by atoms with van der Waals surface area (Å²) in [6, 6.07) is 13.4. The van der Waals surface area contributed by atoms with Gasteiger partial charge in [-0.3, -0.25) is 9.78 Å². The summed E-state index contributed by atoms with van der Waals surface area (Å²) in [5.74, 6) is -0.656. The summed E-state index contributed by atoms with van der Waals surface area (Å²) >= 11 is 0. The molecule has 0 aliphatic carbocycles. The lowest BCUT2D eigenvalue weighted by molar-refractivity contribution is 0.102. The fourth-order valence-electron chi connectivity index (χ4n) is 2.42. The predicted octanol–water partition coefficient (Wildman–Crippen LogP) is 4.24. The lowest BCUT2D eigenvalue weighted by Gasteiger charge is -2.10. The number of hydrogen-bond acceptors (Lipinski definition) is 2. The molecule has 0 radical (unpaired) electrons. The maximum absolute atomic E-state index is 13.2. The highest BCUT2D eigenvalue weighted by Gasteiger charge is 2.12. The molecule has 0 spiro atoms. The lowest BCUT2D eigenvalue weighted by Crippen LogP contribution is -2.13. The minimum Gasteiger partial charge on any atom is -0.322 e. The third kappa shape index (κ3) is 2.81.